The molecule has 5 rings (SSSR count). The molecule has 0 radical (unpaired) electrons. The summed E-state index contributed by atoms with van der Waals surface area (Å²) in [5.41, 5.74) is 5.13. The predicted molar refractivity (Wildman–Crippen MR) is 151 cm³/mol. The first-order valence-electron chi connectivity index (χ1n) is 12.2. The molecular weight excluding hydrogens is 480 g/mol. The van der Waals surface area contributed by atoms with Gasteiger partial charge in [-0.05, 0) is 71.7 Å². The van der Waals surface area contributed by atoms with Crippen LogP contribution in [0, 0.1) is 5.92 Å². The molecule has 0 bridgehead atoms. The average Bonchev–Trinajstić information content (AvgIpc) is 3.34. The van der Waals surface area contributed by atoms with E-state index >= 15 is 0 Å². The van der Waals surface area contributed by atoms with Crippen molar-refractivity contribution >= 4 is 34.9 Å². The summed E-state index contributed by atoms with van der Waals surface area (Å²) in [4.78, 5) is 14.3. The van der Waals surface area contributed by atoms with Gasteiger partial charge in [-0.25, -0.2) is 0 Å². The normalized spacial score (nSPS) is 17.4. The van der Waals surface area contributed by atoms with Crippen molar-refractivity contribution in [3.63, 3.8) is 0 Å². The topological polar surface area (TPSA) is 41.9 Å². The second-order valence-corrected chi connectivity index (χ2v) is 9.41. The minimum absolute atomic E-state index is 0.0248. The summed E-state index contributed by atoms with van der Waals surface area (Å²) in [6, 6.07) is 34.9. The molecule has 1 aliphatic heterocycles. The van der Waals surface area contributed by atoms with Crippen LogP contribution >= 0.6 is 11.6 Å². The Labute approximate surface area is 222 Å². The van der Waals surface area contributed by atoms with Gasteiger partial charge in [0.25, 0.3) is 0 Å². The number of ether oxygens (including phenoxy) is 1. The number of carbonyl (C=O) groups excluding carboxylic acids is 1. The maximum absolute atomic E-state index is 14.3. The van der Waals surface area contributed by atoms with Crippen LogP contribution in [0.15, 0.2) is 120 Å². The molecule has 0 aromatic heterocycles. The zero-order valence-corrected chi connectivity index (χ0v) is 21.5. The highest BCUT2D eigenvalue weighted by atomic mass is 35.5. The van der Waals surface area contributed by atoms with E-state index in [1.54, 1.807) is 7.11 Å². The summed E-state index contributed by atoms with van der Waals surface area (Å²) in [6.45, 7) is 1.88. The van der Waals surface area contributed by atoms with E-state index in [4.69, 9.17) is 21.4 Å². The van der Waals surface area contributed by atoms with E-state index in [1.165, 1.54) is 0 Å². The Morgan fingerprint density at radius 2 is 1.49 bits per heavy atom. The monoisotopic (exact) mass is 506 g/mol. The minimum atomic E-state index is -0.533. The van der Waals surface area contributed by atoms with Crippen molar-refractivity contribution in [1.29, 1.82) is 0 Å². The number of ketones is 1. The number of hydrogen-bond donors (Lipinski definition) is 0. The van der Waals surface area contributed by atoms with Gasteiger partial charge >= 0.3 is 0 Å². The van der Waals surface area contributed by atoms with Crippen molar-refractivity contribution < 1.29 is 9.53 Å². The van der Waals surface area contributed by atoms with Crippen LogP contribution in [0.2, 0.25) is 5.02 Å². The minimum Gasteiger partial charge on any atom is -0.497 e. The Kier molecular flexibility index (Phi) is 7.20. The van der Waals surface area contributed by atoms with Crippen LogP contribution < -0.4 is 9.75 Å². The molecule has 5 heteroatoms. The predicted octanol–water partition coefficient (Wildman–Crippen LogP) is 7.60. The molecule has 4 aromatic carbocycles. The highest BCUT2D eigenvalue weighted by Gasteiger charge is 2.44. The van der Waals surface area contributed by atoms with E-state index in [0.717, 1.165) is 28.1 Å². The zero-order chi connectivity index (χ0) is 25.8. The van der Waals surface area contributed by atoms with E-state index in [1.807, 2.05) is 127 Å². The van der Waals surface area contributed by atoms with Crippen LogP contribution in [0.1, 0.15) is 29.7 Å². The van der Waals surface area contributed by atoms with Gasteiger partial charge in [-0.1, -0.05) is 84.4 Å². The highest BCUT2D eigenvalue weighted by Crippen LogP contribution is 2.42. The molecule has 0 spiro atoms. The summed E-state index contributed by atoms with van der Waals surface area (Å²) in [7, 11) is 1.65. The fourth-order valence-corrected chi connectivity index (χ4v) is 4.83. The van der Waals surface area contributed by atoms with Crippen LogP contribution in [0.25, 0.3) is 6.08 Å². The second-order valence-electron chi connectivity index (χ2n) is 8.97. The smallest absolute Gasteiger partial charge is 0.170 e. The van der Waals surface area contributed by atoms with Crippen molar-refractivity contribution in [3.8, 4) is 5.75 Å². The molecule has 0 amide bonds. The molecule has 0 aliphatic carbocycles. The average molecular weight is 507 g/mol. The Bertz CT molecular complexity index is 1430. The second kappa shape index (κ2) is 10.9. The maximum atomic E-state index is 14.3. The number of nitrogens with zero attached hydrogens (tertiary/aromatic N) is 2. The lowest BCUT2D eigenvalue weighted by Crippen LogP contribution is -2.32. The summed E-state index contributed by atoms with van der Waals surface area (Å²) < 4.78 is 5.39. The van der Waals surface area contributed by atoms with Gasteiger partial charge in [0.2, 0.25) is 0 Å². The first-order valence-corrected chi connectivity index (χ1v) is 12.5. The number of benzene rings is 4. The SMILES string of the molecule is COc1ccc(C2C(C(=O)/C(C)=C/c3ccccc3)C(c3ccc(Cl)cc3)=NN2c2ccccc2)cc1. The summed E-state index contributed by atoms with van der Waals surface area (Å²) in [5.74, 6) is 0.251. The molecule has 2 atom stereocenters. The number of halogens is 1. The zero-order valence-electron chi connectivity index (χ0n) is 20.7. The molecule has 2 unspecified atom stereocenters. The van der Waals surface area contributed by atoms with Gasteiger partial charge in [-0.15, -0.1) is 0 Å². The van der Waals surface area contributed by atoms with Crippen LogP contribution in [-0.2, 0) is 4.79 Å². The maximum Gasteiger partial charge on any atom is 0.170 e. The van der Waals surface area contributed by atoms with Gasteiger partial charge in [0.15, 0.2) is 5.78 Å². The van der Waals surface area contributed by atoms with Crippen molar-refractivity contribution in [1.82, 2.24) is 0 Å². The number of carbonyl (C=O) groups is 1. The van der Waals surface area contributed by atoms with E-state index < -0.39 is 5.92 Å². The summed E-state index contributed by atoms with van der Waals surface area (Å²) in [5, 5.41) is 7.68. The molecule has 4 aromatic rings. The molecule has 4 nitrogen and oxygen atoms in total. The Morgan fingerprint density at radius 3 is 2.11 bits per heavy atom. The fraction of sp³-hybridized carbons (Fsp3) is 0.125. The molecule has 1 aliphatic rings. The first-order chi connectivity index (χ1) is 18.0. The number of anilines is 1. The van der Waals surface area contributed by atoms with E-state index in [0.29, 0.717) is 16.3 Å². The molecule has 184 valence electrons. The molecule has 0 N–H and O–H groups in total. The Balaban J connectivity index is 1.66. The van der Waals surface area contributed by atoms with Crippen LogP contribution in [0.3, 0.4) is 0 Å². The van der Waals surface area contributed by atoms with Crippen molar-refractivity contribution in [2.45, 2.75) is 13.0 Å². The lowest BCUT2D eigenvalue weighted by Gasteiger charge is -2.28. The summed E-state index contributed by atoms with van der Waals surface area (Å²) in [6.07, 6.45) is 1.94. The third-order valence-electron chi connectivity index (χ3n) is 6.56. The van der Waals surface area contributed by atoms with E-state index in [-0.39, 0.29) is 11.8 Å². The first kappa shape index (κ1) is 24.5. The Hall–Kier alpha value is -4.15. The Morgan fingerprint density at radius 1 is 0.865 bits per heavy atom. The fourth-order valence-electron chi connectivity index (χ4n) is 4.71. The number of Topliss-reactive ketones (excluding diaryl/α,β-unsaturated/α-hetero) is 1. The number of hydrogen-bond acceptors (Lipinski definition) is 4. The lowest BCUT2D eigenvalue weighted by molar-refractivity contribution is -0.117. The molecule has 0 fully saturated rings. The van der Waals surface area contributed by atoms with Crippen LogP contribution in [0.5, 0.6) is 5.75 Å². The summed E-state index contributed by atoms with van der Waals surface area (Å²) >= 11 is 6.20. The highest BCUT2D eigenvalue weighted by molar-refractivity contribution is 6.30. The largest absolute Gasteiger partial charge is 0.497 e. The molecule has 37 heavy (non-hydrogen) atoms. The van der Waals surface area contributed by atoms with E-state index in [2.05, 4.69) is 0 Å². The number of rotatable bonds is 7. The standard InChI is InChI=1S/C32H27ClN2O2/c1-22(21-23-9-5-3-6-10-23)32(36)29-30(24-13-17-26(33)18-14-24)34-35(27-11-7-4-8-12-27)31(29)25-15-19-28(37-2)20-16-25/h3-21,29,31H,1-2H3/b22-21+. The van der Waals surface area contributed by atoms with Crippen LogP contribution in [-0.4, -0.2) is 18.6 Å². The van der Waals surface area contributed by atoms with Gasteiger partial charge in [0.1, 0.15) is 5.75 Å². The molecule has 0 saturated carbocycles. The molecule has 0 saturated heterocycles. The number of para-hydroxylation sites is 1. The van der Waals surface area contributed by atoms with Crippen molar-refractivity contribution in [2.75, 3.05) is 12.1 Å². The van der Waals surface area contributed by atoms with Crippen molar-refractivity contribution in [3.05, 3.63) is 136 Å². The number of hydrazone groups is 1. The van der Waals surface area contributed by atoms with Crippen molar-refractivity contribution in [2.24, 2.45) is 11.0 Å². The van der Waals surface area contributed by atoms with E-state index in [9.17, 15) is 4.79 Å². The van der Waals surface area contributed by atoms with Gasteiger partial charge in [0, 0.05) is 5.02 Å². The van der Waals surface area contributed by atoms with Gasteiger partial charge in [0.05, 0.1) is 30.5 Å². The number of methoxy groups -OCH3 is 1. The number of allylic oxidation sites excluding steroid dienone is 1. The third-order valence-corrected chi connectivity index (χ3v) is 6.81. The van der Waals surface area contributed by atoms with Gasteiger partial charge < -0.3 is 4.74 Å². The molecular formula is C32H27ClN2O2. The van der Waals surface area contributed by atoms with Crippen LogP contribution in [0.4, 0.5) is 5.69 Å². The van der Waals surface area contributed by atoms with Gasteiger partial charge in [-0.2, -0.15) is 5.10 Å². The lowest BCUT2D eigenvalue weighted by atomic mass is 9.81. The molecule has 1 heterocycles. The third kappa shape index (κ3) is 5.20. The quantitative estimate of drug-likeness (QED) is 0.242. The van der Waals surface area contributed by atoms with Gasteiger partial charge in [-0.3, -0.25) is 9.80 Å².